The summed E-state index contributed by atoms with van der Waals surface area (Å²) in [5, 5.41) is 0. The van der Waals surface area contributed by atoms with Gasteiger partial charge in [0.25, 0.3) is 0 Å². The molecule has 3 nitrogen and oxygen atoms in total. The summed E-state index contributed by atoms with van der Waals surface area (Å²) in [5.41, 5.74) is 1.78. The molecule has 0 bridgehead atoms. The van der Waals surface area contributed by atoms with Gasteiger partial charge in [-0.1, -0.05) is 19.9 Å². The maximum absolute atomic E-state index is 12.3. The number of aryl methyl sites for hydroxylation is 1. The summed E-state index contributed by atoms with van der Waals surface area (Å²) < 4.78 is 5.28. The summed E-state index contributed by atoms with van der Waals surface area (Å²) in [6, 6.07) is 5.71. The van der Waals surface area contributed by atoms with E-state index in [9.17, 15) is 4.79 Å². The second-order valence-corrected chi connectivity index (χ2v) is 4.50. The number of nitrogens with zero attached hydrogens (tertiary/aromatic N) is 1. The van der Waals surface area contributed by atoms with Crippen LogP contribution in [0.1, 0.15) is 36.2 Å². The van der Waals surface area contributed by atoms with Crippen LogP contribution in [0, 0.1) is 6.92 Å². The Hall–Kier alpha value is -1.35. The number of ether oxygens (including phenoxy) is 1. The van der Waals surface area contributed by atoms with Gasteiger partial charge in [-0.05, 0) is 44.1 Å². The fraction of sp³-hybridized carbons (Fsp3) is 0.533. The van der Waals surface area contributed by atoms with Crippen molar-refractivity contribution in [2.45, 2.75) is 27.2 Å². The van der Waals surface area contributed by atoms with Gasteiger partial charge in [0.2, 0.25) is 0 Å². The number of carbonyl (C=O) groups is 1. The van der Waals surface area contributed by atoms with Crippen molar-refractivity contribution in [2.75, 3.05) is 26.7 Å². The van der Waals surface area contributed by atoms with Crippen LogP contribution in [0.3, 0.4) is 0 Å². The number of hydrogen-bond donors (Lipinski definition) is 0. The molecule has 3 heteroatoms. The molecule has 1 aromatic carbocycles. The summed E-state index contributed by atoms with van der Waals surface area (Å²) in [5.74, 6) is 0.801. The van der Waals surface area contributed by atoms with Crippen LogP contribution in [0.2, 0.25) is 0 Å². The minimum absolute atomic E-state index is 0.127. The topological polar surface area (TPSA) is 29.5 Å². The second kappa shape index (κ2) is 7.17. The summed E-state index contributed by atoms with van der Waals surface area (Å²) in [7, 11) is 1.61. The number of likely N-dealkylation sites (N-methyl/N-ethyl adjacent to an activating group) is 1. The summed E-state index contributed by atoms with van der Waals surface area (Å²) >= 11 is 0. The predicted octanol–water partition coefficient (Wildman–Crippen LogP) is 2.92. The second-order valence-electron chi connectivity index (χ2n) is 4.50. The van der Waals surface area contributed by atoms with Gasteiger partial charge >= 0.3 is 0 Å². The van der Waals surface area contributed by atoms with Crippen molar-refractivity contribution in [1.82, 2.24) is 4.90 Å². The van der Waals surface area contributed by atoms with Crippen LogP contribution in [0.25, 0.3) is 0 Å². The van der Waals surface area contributed by atoms with E-state index in [0.29, 0.717) is 17.9 Å². The van der Waals surface area contributed by atoms with Crippen molar-refractivity contribution in [2.24, 2.45) is 0 Å². The number of hydrogen-bond acceptors (Lipinski definition) is 3. The Labute approximate surface area is 110 Å². The Balaban J connectivity index is 2.83. The zero-order valence-electron chi connectivity index (χ0n) is 11.8. The molecule has 18 heavy (non-hydrogen) atoms. The van der Waals surface area contributed by atoms with E-state index in [0.717, 1.165) is 25.1 Å². The van der Waals surface area contributed by atoms with E-state index in [1.807, 2.05) is 25.1 Å². The number of benzene rings is 1. The molecule has 0 aliphatic carbocycles. The SMILES string of the molecule is CCCN(CC)CC(=O)c1ccc(C)cc1OC. The number of methoxy groups -OCH3 is 1. The third-order valence-corrected chi connectivity index (χ3v) is 3.01. The normalized spacial score (nSPS) is 10.7. The predicted molar refractivity (Wildman–Crippen MR) is 74.5 cm³/mol. The Kier molecular flexibility index (Phi) is 5.86. The third kappa shape index (κ3) is 3.84. The van der Waals surface area contributed by atoms with Gasteiger partial charge < -0.3 is 4.74 Å². The fourth-order valence-electron chi connectivity index (χ4n) is 1.98. The van der Waals surface area contributed by atoms with Crippen molar-refractivity contribution < 1.29 is 9.53 Å². The molecule has 0 aliphatic heterocycles. The van der Waals surface area contributed by atoms with E-state index < -0.39 is 0 Å². The van der Waals surface area contributed by atoms with E-state index in [-0.39, 0.29) is 5.78 Å². The van der Waals surface area contributed by atoms with E-state index in [1.165, 1.54) is 0 Å². The molecule has 1 aromatic rings. The first-order valence-electron chi connectivity index (χ1n) is 6.52. The Bertz CT molecular complexity index is 401. The van der Waals surface area contributed by atoms with E-state index >= 15 is 0 Å². The zero-order valence-corrected chi connectivity index (χ0v) is 11.8. The molecule has 0 unspecified atom stereocenters. The lowest BCUT2D eigenvalue weighted by Gasteiger charge is -2.19. The van der Waals surface area contributed by atoms with Crippen LogP contribution in [0.5, 0.6) is 5.75 Å². The molecule has 0 atom stereocenters. The minimum atomic E-state index is 0.127. The first-order chi connectivity index (χ1) is 8.62. The Morgan fingerprint density at radius 1 is 1.33 bits per heavy atom. The molecule has 0 fully saturated rings. The highest BCUT2D eigenvalue weighted by Crippen LogP contribution is 2.20. The highest BCUT2D eigenvalue weighted by Gasteiger charge is 2.15. The Morgan fingerprint density at radius 3 is 2.61 bits per heavy atom. The van der Waals surface area contributed by atoms with E-state index in [4.69, 9.17) is 4.74 Å². The number of carbonyl (C=O) groups excluding carboxylic acids is 1. The van der Waals surface area contributed by atoms with Crippen LogP contribution < -0.4 is 4.74 Å². The molecule has 0 aliphatic rings. The van der Waals surface area contributed by atoms with Gasteiger partial charge in [0.15, 0.2) is 5.78 Å². The van der Waals surface area contributed by atoms with E-state index in [1.54, 1.807) is 7.11 Å². The maximum Gasteiger partial charge on any atom is 0.180 e. The lowest BCUT2D eigenvalue weighted by molar-refractivity contribution is 0.0931. The third-order valence-electron chi connectivity index (χ3n) is 3.01. The smallest absolute Gasteiger partial charge is 0.180 e. The van der Waals surface area contributed by atoms with Crippen molar-refractivity contribution in [3.8, 4) is 5.75 Å². The molecule has 100 valence electrons. The maximum atomic E-state index is 12.3. The quantitative estimate of drug-likeness (QED) is 0.696. The van der Waals surface area contributed by atoms with Crippen LogP contribution >= 0.6 is 0 Å². The minimum Gasteiger partial charge on any atom is -0.496 e. The lowest BCUT2D eigenvalue weighted by Crippen LogP contribution is -2.30. The molecular weight excluding hydrogens is 226 g/mol. The first-order valence-corrected chi connectivity index (χ1v) is 6.52. The molecular formula is C15H23NO2. The molecule has 0 spiro atoms. The van der Waals surface area contributed by atoms with Crippen molar-refractivity contribution in [3.63, 3.8) is 0 Å². The van der Waals surface area contributed by atoms with Gasteiger partial charge in [-0.25, -0.2) is 0 Å². The summed E-state index contributed by atoms with van der Waals surface area (Å²) in [6.07, 6.45) is 1.06. The van der Waals surface area contributed by atoms with Gasteiger partial charge in [-0.3, -0.25) is 9.69 Å². The number of rotatable bonds is 7. The van der Waals surface area contributed by atoms with Crippen molar-refractivity contribution in [1.29, 1.82) is 0 Å². The van der Waals surface area contributed by atoms with Crippen molar-refractivity contribution >= 4 is 5.78 Å². The average molecular weight is 249 g/mol. The molecule has 0 radical (unpaired) electrons. The first kappa shape index (κ1) is 14.7. The highest BCUT2D eigenvalue weighted by molar-refractivity contribution is 6.00. The van der Waals surface area contributed by atoms with Crippen LogP contribution in [0.15, 0.2) is 18.2 Å². The molecule has 0 aromatic heterocycles. The van der Waals surface area contributed by atoms with Gasteiger partial charge in [0, 0.05) is 0 Å². The fourth-order valence-corrected chi connectivity index (χ4v) is 1.98. The van der Waals surface area contributed by atoms with Crippen LogP contribution in [-0.2, 0) is 0 Å². The molecule has 0 amide bonds. The molecule has 0 saturated carbocycles. The van der Waals surface area contributed by atoms with Crippen LogP contribution in [0.4, 0.5) is 0 Å². The zero-order chi connectivity index (χ0) is 13.5. The largest absolute Gasteiger partial charge is 0.496 e. The van der Waals surface area contributed by atoms with Gasteiger partial charge in [-0.2, -0.15) is 0 Å². The molecule has 0 saturated heterocycles. The standard InChI is InChI=1S/C15H23NO2/c1-5-9-16(6-2)11-14(17)13-8-7-12(3)10-15(13)18-4/h7-8,10H,5-6,9,11H2,1-4H3. The number of Topliss-reactive ketones (excluding diaryl/α,β-unsaturated/α-hetero) is 1. The highest BCUT2D eigenvalue weighted by atomic mass is 16.5. The number of ketones is 1. The van der Waals surface area contributed by atoms with Crippen LogP contribution in [-0.4, -0.2) is 37.4 Å². The van der Waals surface area contributed by atoms with E-state index in [2.05, 4.69) is 18.7 Å². The summed E-state index contributed by atoms with van der Waals surface area (Å²) in [4.78, 5) is 14.4. The van der Waals surface area contributed by atoms with Gasteiger partial charge in [0.05, 0.1) is 19.2 Å². The molecule has 1 rings (SSSR count). The molecule has 0 N–H and O–H groups in total. The Morgan fingerprint density at radius 2 is 2.06 bits per heavy atom. The lowest BCUT2D eigenvalue weighted by atomic mass is 10.1. The monoisotopic (exact) mass is 249 g/mol. The molecule has 0 heterocycles. The van der Waals surface area contributed by atoms with Gasteiger partial charge in [-0.15, -0.1) is 0 Å². The van der Waals surface area contributed by atoms with Crippen molar-refractivity contribution in [3.05, 3.63) is 29.3 Å². The average Bonchev–Trinajstić information content (AvgIpc) is 2.37. The summed E-state index contributed by atoms with van der Waals surface area (Å²) in [6.45, 7) is 8.51. The van der Waals surface area contributed by atoms with Gasteiger partial charge in [0.1, 0.15) is 5.75 Å².